The second-order valence-corrected chi connectivity index (χ2v) is 8.90. The van der Waals surface area contributed by atoms with Crippen LogP contribution in [0.5, 0.6) is 0 Å². The molecule has 4 N–H and O–H groups in total. The average molecular weight is 450 g/mol. The van der Waals surface area contributed by atoms with E-state index in [1.54, 1.807) is 4.90 Å². The van der Waals surface area contributed by atoms with E-state index in [-0.39, 0.29) is 28.7 Å². The Balaban J connectivity index is 1.53. The molecule has 3 heterocycles. The number of aromatic nitrogens is 2. The Kier molecular flexibility index (Phi) is 6.74. The fourth-order valence-corrected chi connectivity index (χ4v) is 4.21. The number of rotatable bonds is 7. The van der Waals surface area contributed by atoms with Gasteiger partial charge in [-0.1, -0.05) is 32.4 Å². The SMILES string of the molecule is CCc1[nH]nc(C(=O)NCC(C)(C)C2CCN(C(=O)c3coc(C(N)=O)c3)CC2)c1Cl. The Hall–Kier alpha value is -2.81. The molecule has 0 spiro atoms. The molecular weight excluding hydrogens is 422 g/mol. The summed E-state index contributed by atoms with van der Waals surface area (Å²) >= 11 is 6.21. The summed E-state index contributed by atoms with van der Waals surface area (Å²) in [5.41, 5.74) is 6.28. The lowest BCUT2D eigenvalue weighted by atomic mass is 9.73. The number of H-pyrrole nitrogens is 1. The first-order valence-corrected chi connectivity index (χ1v) is 10.7. The van der Waals surface area contributed by atoms with Gasteiger partial charge < -0.3 is 20.4 Å². The summed E-state index contributed by atoms with van der Waals surface area (Å²) in [6.45, 7) is 7.79. The highest BCUT2D eigenvalue weighted by molar-refractivity contribution is 6.34. The first-order chi connectivity index (χ1) is 14.6. The molecule has 9 nitrogen and oxygen atoms in total. The normalized spacial score (nSPS) is 15.2. The Morgan fingerprint density at radius 2 is 2.03 bits per heavy atom. The van der Waals surface area contributed by atoms with E-state index in [0.29, 0.717) is 42.6 Å². The number of hydrogen-bond acceptors (Lipinski definition) is 5. The van der Waals surface area contributed by atoms with Crippen molar-refractivity contribution in [2.75, 3.05) is 19.6 Å². The molecule has 0 unspecified atom stereocenters. The van der Waals surface area contributed by atoms with E-state index in [0.717, 1.165) is 18.5 Å². The number of aryl methyl sites for hydroxylation is 1. The Bertz CT molecular complexity index is 972. The van der Waals surface area contributed by atoms with Gasteiger partial charge in [0.2, 0.25) is 0 Å². The van der Waals surface area contributed by atoms with Crippen LogP contribution in [-0.4, -0.2) is 52.5 Å². The van der Waals surface area contributed by atoms with E-state index < -0.39 is 5.91 Å². The second kappa shape index (κ2) is 9.13. The third kappa shape index (κ3) is 4.92. The van der Waals surface area contributed by atoms with Crippen molar-refractivity contribution in [2.24, 2.45) is 17.1 Å². The number of nitrogens with two attached hydrogens (primary N) is 1. The van der Waals surface area contributed by atoms with Crippen LogP contribution in [0, 0.1) is 11.3 Å². The van der Waals surface area contributed by atoms with Gasteiger partial charge in [0.1, 0.15) is 6.26 Å². The molecule has 0 atom stereocenters. The van der Waals surface area contributed by atoms with Crippen molar-refractivity contribution in [1.82, 2.24) is 20.4 Å². The number of carbonyl (C=O) groups is 3. The molecule has 2 aromatic rings. The van der Waals surface area contributed by atoms with Crippen LogP contribution in [-0.2, 0) is 6.42 Å². The van der Waals surface area contributed by atoms with Gasteiger partial charge in [0.25, 0.3) is 17.7 Å². The zero-order valence-electron chi connectivity index (χ0n) is 18.0. The third-order valence-electron chi connectivity index (χ3n) is 6.03. The monoisotopic (exact) mass is 449 g/mol. The van der Waals surface area contributed by atoms with E-state index in [9.17, 15) is 14.4 Å². The van der Waals surface area contributed by atoms with E-state index >= 15 is 0 Å². The van der Waals surface area contributed by atoms with Gasteiger partial charge in [0, 0.05) is 25.7 Å². The third-order valence-corrected chi connectivity index (χ3v) is 6.43. The van der Waals surface area contributed by atoms with Crippen molar-refractivity contribution in [3.63, 3.8) is 0 Å². The van der Waals surface area contributed by atoms with Crippen LogP contribution >= 0.6 is 11.6 Å². The number of primary amides is 1. The molecule has 1 fully saturated rings. The summed E-state index contributed by atoms with van der Waals surface area (Å²) in [6.07, 6.45) is 3.54. The van der Waals surface area contributed by atoms with Gasteiger partial charge >= 0.3 is 0 Å². The molecule has 0 radical (unpaired) electrons. The quantitative estimate of drug-likeness (QED) is 0.597. The van der Waals surface area contributed by atoms with Gasteiger partial charge in [0.05, 0.1) is 16.3 Å². The number of likely N-dealkylation sites (tertiary alicyclic amines) is 1. The van der Waals surface area contributed by atoms with Crippen molar-refractivity contribution in [3.05, 3.63) is 40.1 Å². The van der Waals surface area contributed by atoms with E-state index in [2.05, 4.69) is 29.4 Å². The number of carbonyl (C=O) groups excluding carboxylic acids is 3. The van der Waals surface area contributed by atoms with Crippen molar-refractivity contribution in [2.45, 2.75) is 40.0 Å². The minimum absolute atomic E-state index is 0.0295. The van der Waals surface area contributed by atoms with Gasteiger partial charge in [-0.25, -0.2) is 0 Å². The van der Waals surface area contributed by atoms with Crippen molar-refractivity contribution < 1.29 is 18.8 Å². The van der Waals surface area contributed by atoms with Gasteiger partial charge in [-0.2, -0.15) is 5.10 Å². The summed E-state index contributed by atoms with van der Waals surface area (Å²) in [4.78, 5) is 38.1. The molecule has 1 aliphatic rings. The van der Waals surface area contributed by atoms with Gasteiger partial charge in [0.15, 0.2) is 11.5 Å². The fraction of sp³-hybridized carbons (Fsp3) is 0.524. The highest BCUT2D eigenvalue weighted by Gasteiger charge is 2.35. The lowest BCUT2D eigenvalue weighted by Crippen LogP contribution is -2.45. The first-order valence-electron chi connectivity index (χ1n) is 10.3. The lowest BCUT2D eigenvalue weighted by molar-refractivity contribution is 0.0580. The Morgan fingerprint density at radius 3 is 2.58 bits per heavy atom. The molecule has 0 saturated carbocycles. The zero-order valence-corrected chi connectivity index (χ0v) is 18.7. The number of piperidine rings is 1. The largest absolute Gasteiger partial charge is 0.458 e. The lowest BCUT2D eigenvalue weighted by Gasteiger charge is -2.40. The zero-order chi connectivity index (χ0) is 22.8. The highest BCUT2D eigenvalue weighted by Crippen LogP contribution is 2.35. The highest BCUT2D eigenvalue weighted by atomic mass is 35.5. The molecule has 3 rings (SSSR count). The summed E-state index contributed by atoms with van der Waals surface area (Å²) in [5.74, 6) is -0.891. The molecular formula is C21H28ClN5O4. The summed E-state index contributed by atoms with van der Waals surface area (Å²) < 4.78 is 5.04. The molecule has 2 aromatic heterocycles. The molecule has 31 heavy (non-hydrogen) atoms. The van der Waals surface area contributed by atoms with Crippen molar-refractivity contribution in [1.29, 1.82) is 0 Å². The van der Waals surface area contributed by atoms with Crippen molar-refractivity contribution in [3.8, 4) is 0 Å². The first kappa shape index (κ1) is 22.9. The smallest absolute Gasteiger partial charge is 0.284 e. The number of amides is 3. The molecule has 10 heteroatoms. The minimum Gasteiger partial charge on any atom is -0.458 e. The predicted octanol–water partition coefficient (Wildman–Crippen LogP) is 2.63. The maximum atomic E-state index is 12.7. The van der Waals surface area contributed by atoms with Crippen LogP contribution in [0.1, 0.15) is 70.7 Å². The van der Waals surface area contributed by atoms with Gasteiger partial charge in [-0.15, -0.1) is 0 Å². The molecule has 1 saturated heterocycles. The van der Waals surface area contributed by atoms with Crippen LogP contribution in [0.25, 0.3) is 0 Å². The maximum Gasteiger partial charge on any atom is 0.284 e. The van der Waals surface area contributed by atoms with Gasteiger partial charge in [-0.05, 0) is 30.6 Å². The van der Waals surface area contributed by atoms with Crippen LogP contribution in [0.15, 0.2) is 16.7 Å². The van der Waals surface area contributed by atoms with Crippen LogP contribution < -0.4 is 11.1 Å². The number of nitrogens with zero attached hydrogens (tertiary/aromatic N) is 2. The van der Waals surface area contributed by atoms with Crippen LogP contribution in [0.3, 0.4) is 0 Å². The van der Waals surface area contributed by atoms with E-state index in [1.807, 2.05) is 6.92 Å². The van der Waals surface area contributed by atoms with E-state index in [1.165, 1.54) is 12.3 Å². The average Bonchev–Trinajstić information content (AvgIpc) is 3.39. The molecule has 0 bridgehead atoms. The molecule has 168 valence electrons. The topological polar surface area (TPSA) is 134 Å². The van der Waals surface area contributed by atoms with Crippen molar-refractivity contribution >= 4 is 29.3 Å². The Morgan fingerprint density at radius 1 is 1.35 bits per heavy atom. The van der Waals surface area contributed by atoms with Crippen LogP contribution in [0.4, 0.5) is 0 Å². The fourth-order valence-electron chi connectivity index (χ4n) is 3.91. The molecule has 3 amide bonds. The Labute approximate surface area is 185 Å². The molecule has 1 aliphatic heterocycles. The molecule has 0 aromatic carbocycles. The second-order valence-electron chi connectivity index (χ2n) is 8.52. The number of hydrogen-bond donors (Lipinski definition) is 3. The standard InChI is InChI=1S/C21H28ClN5O4/c1-4-14-16(22)17(26-25-14)19(29)24-11-21(2,3)13-5-7-27(8-6-13)20(30)12-9-15(18(23)28)31-10-12/h9-10,13H,4-8,11H2,1-3H3,(H2,23,28)(H,24,29)(H,25,26). The van der Waals surface area contributed by atoms with Gasteiger partial charge in [-0.3, -0.25) is 19.5 Å². The number of aromatic amines is 1. The molecule has 0 aliphatic carbocycles. The summed E-state index contributed by atoms with van der Waals surface area (Å²) in [6, 6.07) is 1.38. The number of furan rings is 1. The predicted molar refractivity (Wildman–Crippen MR) is 115 cm³/mol. The number of halogens is 1. The number of nitrogens with one attached hydrogen (secondary N) is 2. The summed E-state index contributed by atoms with van der Waals surface area (Å²) in [5, 5.41) is 10.1. The van der Waals surface area contributed by atoms with E-state index in [4.69, 9.17) is 21.8 Å². The minimum atomic E-state index is -0.705. The maximum absolute atomic E-state index is 12.7. The van der Waals surface area contributed by atoms with Crippen LogP contribution in [0.2, 0.25) is 5.02 Å². The summed E-state index contributed by atoms with van der Waals surface area (Å²) in [7, 11) is 0.